The van der Waals surface area contributed by atoms with E-state index < -0.39 is 0 Å². The van der Waals surface area contributed by atoms with Crippen LogP contribution in [0.5, 0.6) is 0 Å². The molecule has 1 fully saturated rings. The van der Waals surface area contributed by atoms with Gasteiger partial charge in [-0.25, -0.2) is 9.07 Å². The molecule has 166 valence electrons. The van der Waals surface area contributed by atoms with Crippen LogP contribution in [0.4, 0.5) is 16.0 Å². The predicted molar refractivity (Wildman–Crippen MR) is 119 cm³/mol. The van der Waals surface area contributed by atoms with Gasteiger partial charge in [0.1, 0.15) is 11.2 Å². The zero-order valence-corrected chi connectivity index (χ0v) is 18.3. The van der Waals surface area contributed by atoms with Crippen LogP contribution < -0.4 is 15.8 Å². The maximum atomic E-state index is 14.1. The predicted octanol–water partition coefficient (Wildman–Crippen LogP) is 3.15. The molecule has 0 bridgehead atoms. The Hall–Kier alpha value is -2.94. The lowest BCUT2D eigenvalue weighted by Crippen LogP contribution is -2.36. The molecule has 3 N–H and O–H groups in total. The first kappa shape index (κ1) is 21.3. The van der Waals surface area contributed by atoms with Crippen LogP contribution in [0, 0.1) is 5.82 Å². The van der Waals surface area contributed by atoms with Crippen LogP contribution >= 0.6 is 0 Å². The summed E-state index contributed by atoms with van der Waals surface area (Å²) >= 11 is 0. The normalized spacial score (nSPS) is 16.6. The number of aliphatic hydroxyl groups excluding tert-OH is 1. The van der Waals surface area contributed by atoms with E-state index in [0.717, 1.165) is 11.3 Å². The van der Waals surface area contributed by atoms with Crippen molar-refractivity contribution in [2.45, 2.75) is 58.2 Å². The largest absolute Gasteiger partial charge is 0.393 e. The molecule has 1 atom stereocenters. The van der Waals surface area contributed by atoms with Crippen molar-refractivity contribution in [2.75, 3.05) is 23.3 Å². The zero-order chi connectivity index (χ0) is 22.3. The fourth-order valence-electron chi connectivity index (χ4n) is 4.03. The summed E-state index contributed by atoms with van der Waals surface area (Å²) in [7, 11) is 0. The molecule has 0 amide bonds. The number of piperidine rings is 1. The summed E-state index contributed by atoms with van der Waals surface area (Å²) < 4.78 is 15.8. The Morgan fingerprint density at radius 2 is 2.00 bits per heavy atom. The van der Waals surface area contributed by atoms with E-state index in [1.165, 1.54) is 18.3 Å². The number of aliphatic hydroxyl groups is 1. The van der Waals surface area contributed by atoms with Gasteiger partial charge in [0.2, 0.25) is 5.95 Å². The molecule has 0 spiro atoms. The second-order valence-corrected chi connectivity index (χ2v) is 9.17. The van der Waals surface area contributed by atoms with Gasteiger partial charge >= 0.3 is 0 Å². The highest BCUT2D eigenvalue weighted by molar-refractivity contribution is 5.74. The van der Waals surface area contributed by atoms with E-state index in [2.05, 4.69) is 25.3 Å². The second kappa shape index (κ2) is 7.96. The molecular formula is C22H29FN6O2. The van der Waals surface area contributed by atoms with Crippen molar-refractivity contribution in [3.8, 4) is 0 Å². The number of fused-ring (bicyclic) bond motifs is 1. The Kier molecular flexibility index (Phi) is 5.47. The van der Waals surface area contributed by atoms with Crippen LogP contribution in [0.3, 0.4) is 0 Å². The summed E-state index contributed by atoms with van der Waals surface area (Å²) in [5, 5.41) is 17.8. The first-order chi connectivity index (χ1) is 14.6. The Bertz CT molecular complexity index is 1140. The quantitative estimate of drug-likeness (QED) is 0.590. The first-order valence-corrected chi connectivity index (χ1v) is 10.6. The van der Waals surface area contributed by atoms with Gasteiger partial charge in [-0.15, -0.1) is 0 Å². The average molecular weight is 429 g/mol. The monoisotopic (exact) mass is 428 g/mol. The van der Waals surface area contributed by atoms with Gasteiger partial charge in [0.25, 0.3) is 5.56 Å². The molecular weight excluding hydrogens is 399 g/mol. The second-order valence-electron chi connectivity index (χ2n) is 9.17. The van der Waals surface area contributed by atoms with Crippen molar-refractivity contribution >= 4 is 22.7 Å². The topological polar surface area (TPSA) is 99.1 Å². The number of benzene rings is 1. The summed E-state index contributed by atoms with van der Waals surface area (Å²) in [5.41, 5.74) is 1.56. The van der Waals surface area contributed by atoms with E-state index in [9.17, 15) is 14.3 Å². The summed E-state index contributed by atoms with van der Waals surface area (Å²) in [5.74, 6) is -0.0209. The number of rotatable bonds is 4. The molecule has 1 aromatic carbocycles. The minimum absolute atomic E-state index is 0.278. The third-order valence-corrected chi connectivity index (χ3v) is 5.69. The van der Waals surface area contributed by atoms with Crippen LogP contribution in [-0.4, -0.2) is 44.0 Å². The Balaban J connectivity index is 1.67. The first-order valence-electron chi connectivity index (χ1n) is 10.6. The van der Waals surface area contributed by atoms with Crippen LogP contribution in [0.25, 0.3) is 11.0 Å². The Morgan fingerprint density at radius 3 is 2.68 bits per heavy atom. The minimum atomic E-state index is -0.333. The van der Waals surface area contributed by atoms with Gasteiger partial charge in [0.15, 0.2) is 5.65 Å². The lowest BCUT2D eigenvalue weighted by Gasteiger charge is -2.34. The Labute approximate surface area is 180 Å². The lowest BCUT2D eigenvalue weighted by molar-refractivity contribution is 0.145. The molecule has 8 nitrogen and oxygen atoms in total. The maximum absolute atomic E-state index is 14.1. The molecule has 1 unspecified atom stereocenters. The molecule has 0 radical (unpaired) electrons. The van der Waals surface area contributed by atoms with Gasteiger partial charge in [0, 0.05) is 24.3 Å². The zero-order valence-electron chi connectivity index (χ0n) is 18.3. The van der Waals surface area contributed by atoms with E-state index in [1.807, 2.05) is 27.7 Å². The van der Waals surface area contributed by atoms with Crippen molar-refractivity contribution in [1.82, 2.24) is 19.7 Å². The molecule has 0 aliphatic carbocycles. The van der Waals surface area contributed by atoms with Gasteiger partial charge in [-0.3, -0.25) is 9.78 Å². The number of hydrogen-bond acceptors (Lipinski definition) is 6. The number of anilines is 2. The summed E-state index contributed by atoms with van der Waals surface area (Å²) in [6, 6.07) is 4.41. The molecule has 3 aromatic rings. The van der Waals surface area contributed by atoms with Gasteiger partial charge in [-0.2, -0.15) is 10.1 Å². The molecule has 31 heavy (non-hydrogen) atoms. The smallest absolute Gasteiger partial charge is 0.263 e. The maximum Gasteiger partial charge on any atom is 0.263 e. The fourth-order valence-corrected chi connectivity index (χ4v) is 4.03. The number of nitrogens with zero attached hydrogens (tertiary/aromatic N) is 4. The van der Waals surface area contributed by atoms with E-state index in [-0.39, 0.29) is 29.1 Å². The lowest BCUT2D eigenvalue weighted by atomic mass is 10.0. The van der Waals surface area contributed by atoms with Gasteiger partial charge in [-0.1, -0.05) is 0 Å². The molecule has 1 aliphatic rings. The van der Waals surface area contributed by atoms with Crippen molar-refractivity contribution in [2.24, 2.45) is 0 Å². The van der Waals surface area contributed by atoms with E-state index in [0.29, 0.717) is 42.9 Å². The highest BCUT2D eigenvalue weighted by atomic mass is 19.1. The molecule has 4 rings (SSSR count). The average Bonchev–Trinajstić information content (AvgIpc) is 3.14. The van der Waals surface area contributed by atoms with E-state index >= 15 is 0 Å². The number of aromatic amines is 1. The third-order valence-electron chi connectivity index (χ3n) is 5.69. The summed E-state index contributed by atoms with van der Waals surface area (Å²) in [6.45, 7) is 9.30. The van der Waals surface area contributed by atoms with Crippen LogP contribution in [0.15, 0.2) is 29.2 Å². The standard InChI is InChI=1S/C22H29FN6O2/c1-13(16-11-14(23)5-6-18(16)28-9-7-15(30)8-10-28)25-21-26-19-17(20(31)27-21)12-24-29(19)22(2,3)4/h5-6,11-13,15,30H,7-10H2,1-4H3,(H2,25,26,27,31). The highest BCUT2D eigenvalue weighted by Crippen LogP contribution is 2.31. The Morgan fingerprint density at radius 1 is 1.29 bits per heavy atom. The minimum Gasteiger partial charge on any atom is -0.393 e. The van der Waals surface area contributed by atoms with Crippen molar-refractivity contribution in [1.29, 1.82) is 0 Å². The third kappa shape index (κ3) is 4.27. The SMILES string of the molecule is CC(Nc1nc2c(cnn2C(C)(C)C)c(=O)[nH]1)c1cc(F)ccc1N1CCC(O)CC1. The van der Waals surface area contributed by atoms with Gasteiger partial charge in [-0.05, 0) is 58.7 Å². The molecule has 3 heterocycles. The molecule has 1 aliphatic heterocycles. The highest BCUT2D eigenvalue weighted by Gasteiger charge is 2.23. The summed E-state index contributed by atoms with van der Waals surface area (Å²) in [4.78, 5) is 22.1. The van der Waals surface area contributed by atoms with Gasteiger partial charge < -0.3 is 15.3 Å². The van der Waals surface area contributed by atoms with Crippen LogP contribution in [0.1, 0.15) is 52.1 Å². The molecule has 1 saturated heterocycles. The van der Waals surface area contributed by atoms with Crippen LogP contribution in [0.2, 0.25) is 0 Å². The van der Waals surface area contributed by atoms with Crippen molar-refractivity contribution in [3.05, 3.63) is 46.1 Å². The fraction of sp³-hybridized carbons (Fsp3) is 0.500. The number of aromatic nitrogens is 4. The number of H-pyrrole nitrogens is 1. The van der Waals surface area contributed by atoms with E-state index in [1.54, 1.807) is 10.7 Å². The van der Waals surface area contributed by atoms with Gasteiger partial charge in [0.05, 0.1) is 23.9 Å². The van der Waals surface area contributed by atoms with Crippen molar-refractivity contribution < 1.29 is 9.50 Å². The molecule has 0 saturated carbocycles. The van der Waals surface area contributed by atoms with Crippen LogP contribution in [-0.2, 0) is 5.54 Å². The molecule has 9 heteroatoms. The molecule has 2 aromatic heterocycles. The number of nitrogens with one attached hydrogen (secondary N) is 2. The number of halogens is 1. The van der Waals surface area contributed by atoms with E-state index in [4.69, 9.17) is 0 Å². The number of hydrogen-bond donors (Lipinski definition) is 3. The summed E-state index contributed by atoms with van der Waals surface area (Å²) in [6.07, 6.45) is 2.60. The van der Waals surface area contributed by atoms with Crippen molar-refractivity contribution in [3.63, 3.8) is 0 Å².